The largest absolute Gasteiger partial charge is 0.410 e. The van der Waals surface area contributed by atoms with Crippen molar-refractivity contribution >= 4 is 8.32 Å². The van der Waals surface area contributed by atoms with Crippen molar-refractivity contribution in [3.05, 3.63) is 56.5 Å². The van der Waals surface area contributed by atoms with Gasteiger partial charge in [0, 0.05) is 10.5 Å². The molecule has 188 valence electrons. The lowest BCUT2D eigenvalue weighted by molar-refractivity contribution is -0.784. The molecular weight excluding hydrogens is 460 g/mol. The Labute approximate surface area is 200 Å². The van der Waals surface area contributed by atoms with Crippen molar-refractivity contribution in [3.8, 4) is 0 Å². The highest BCUT2D eigenvalue weighted by atomic mass is 28.4. The standard InChI is InChI=1S/C22H34N4O7Si/c1-13(2)34(14(3)4,15(5)6)33-20-18(24-25-23)22(32-26(27)28)30-17-12-29-21(31-19(17)20)16-10-8-7-9-11-16/h7-11,13-15,17-22H,12H2,1-6H3/t17-,18-,19-,20-,21?,22+/m1/s1. The van der Waals surface area contributed by atoms with Crippen molar-refractivity contribution in [2.24, 2.45) is 5.11 Å². The van der Waals surface area contributed by atoms with Gasteiger partial charge in [-0.2, -0.15) is 0 Å². The molecule has 2 saturated heterocycles. The van der Waals surface area contributed by atoms with Crippen LogP contribution in [-0.2, 0) is 23.5 Å². The van der Waals surface area contributed by atoms with E-state index in [1.807, 2.05) is 30.3 Å². The Hall–Kier alpha value is -2.21. The molecule has 0 bridgehead atoms. The van der Waals surface area contributed by atoms with Crippen LogP contribution in [-0.4, -0.2) is 50.7 Å². The van der Waals surface area contributed by atoms with Crippen molar-refractivity contribution in [2.75, 3.05) is 6.61 Å². The van der Waals surface area contributed by atoms with Gasteiger partial charge in [0.2, 0.25) is 14.6 Å². The Balaban J connectivity index is 2.05. The van der Waals surface area contributed by atoms with Crippen LogP contribution in [0.1, 0.15) is 53.4 Å². The van der Waals surface area contributed by atoms with Gasteiger partial charge in [0.25, 0.3) is 5.09 Å². The minimum atomic E-state index is -2.52. The Bertz CT molecular complexity index is 859. The summed E-state index contributed by atoms with van der Waals surface area (Å²) in [7, 11) is -2.52. The fraction of sp³-hybridized carbons (Fsp3) is 0.727. The van der Waals surface area contributed by atoms with E-state index in [0.717, 1.165) is 5.56 Å². The minimum Gasteiger partial charge on any atom is -0.410 e. The van der Waals surface area contributed by atoms with Gasteiger partial charge >= 0.3 is 0 Å². The van der Waals surface area contributed by atoms with E-state index in [1.165, 1.54) is 0 Å². The summed E-state index contributed by atoms with van der Waals surface area (Å²) in [5.41, 5.74) is 10.8. The average Bonchev–Trinajstić information content (AvgIpc) is 2.78. The topological polar surface area (TPSA) is 138 Å². The molecule has 6 atom stereocenters. The van der Waals surface area contributed by atoms with Gasteiger partial charge in [-0.25, -0.2) is 0 Å². The molecule has 34 heavy (non-hydrogen) atoms. The molecule has 0 spiro atoms. The highest BCUT2D eigenvalue weighted by molar-refractivity contribution is 6.77. The van der Waals surface area contributed by atoms with Crippen LogP contribution in [0.4, 0.5) is 0 Å². The number of fused-ring (bicyclic) bond motifs is 1. The molecular formula is C22H34N4O7Si. The molecule has 11 nitrogen and oxygen atoms in total. The van der Waals surface area contributed by atoms with Gasteiger partial charge in [-0.1, -0.05) is 77.0 Å². The molecule has 1 unspecified atom stereocenters. The Morgan fingerprint density at radius 1 is 1.12 bits per heavy atom. The first kappa shape index (κ1) is 26.4. The van der Waals surface area contributed by atoms with Crippen molar-refractivity contribution in [2.45, 2.75) is 95.1 Å². The molecule has 2 fully saturated rings. The van der Waals surface area contributed by atoms with E-state index in [0.29, 0.717) is 0 Å². The van der Waals surface area contributed by atoms with Crippen LogP contribution in [0.25, 0.3) is 10.4 Å². The first-order chi connectivity index (χ1) is 16.1. The Kier molecular flexibility index (Phi) is 8.55. The second kappa shape index (κ2) is 11.0. The van der Waals surface area contributed by atoms with E-state index >= 15 is 0 Å². The summed E-state index contributed by atoms with van der Waals surface area (Å²) >= 11 is 0. The summed E-state index contributed by atoms with van der Waals surface area (Å²) in [6.45, 7) is 12.9. The molecule has 0 N–H and O–H groups in total. The number of hydrogen-bond acceptors (Lipinski definition) is 8. The van der Waals surface area contributed by atoms with Gasteiger partial charge in [0.15, 0.2) is 6.29 Å². The summed E-state index contributed by atoms with van der Waals surface area (Å²) in [5, 5.41) is 14.1. The highest BCUT2D eigenvalue weighted by Crippen LogP contribution is 2.46. The third-order valence-corrected chi connectivity index (χ3v) is 12.9. The van der Waals surface area contributed by atoms with Crippen LogP contribution in [0.15, 0.2) is 35.4 Å². The Morgan fingerprint density at radius 2 is 1.74 bits per heavy atom. The van der Waals surface area contributed by atoms with Gasteiger partial charge in [-0.3, -0.25) is 4.84 Å². The first-order valence-corrected chi connectivity index (χ1v) is 13.8. The van der Waals surface area contributed by atoms with Gasteiger partial charge in [-0.15, -0.1) is 10.1 Å². The smallest absolute Gasteiger partial charge is 0.297 e. The molecule has 2 aliphatic rings. The fourth-order valence-electron chi connectivity index (χ4n) is 5.47. The molecule has 0 aromatic heterocycles. The number of ether oxygens (including phenoxy) is 3. The van der Waals surface area contributed by atoms with Crippen molar-refractivity contribution < 1.29 is 28.6 Å². The zero-order valence-electron chi connectivity index (χ0n) is 20.4. The molecule has 12 heteroatoms. The second-order valence-electron chi connectivity index (χ2n) is 9.64. The number of azide groups is 1. The SMILES string of the molecule is CC(C)[Si](O[C@@H]1[C@@H](N=[N+]=[N-])[C@H](O[N+](=O)[O-])O[C@@H]2COC(c3ccccc3)O[C@@H]12)(C(C)C)C(C)C. The summed E-state index contributed by atoms with van der Waals surface area (Å²) in [4.78, 5) is 18.9. The van der Waals surface area contributed by atoms with E-state index < -0.39 is 50.3 Å². The lowest BCUT2D eigenvalue weighted by Gasteiger charge is -2.52. The summed E-state index contributed by atoms with van der Waals surface area (Å²) in [5.74, 6) is 0. The van der Waals surface area contributed by atoms with Crippen molar-refractivity contribution in [1.82, 2.24) is 0 Å². The molecule has 0 amide bonds. The van der Waals surface area contributed by atoms with E-state index in [4.69, 9.17) is 23.5 Å². The van der Waals surface area contributed by atoms with Crippen LogP contribution in [0.5, 0.6) is 0 Å². The Morgan fingerprint density at radius 3 is 2.26 bits per heavy atom. The molecule has 0 radical (unpaired) electrons. The summed E-state index contributed by atoms with van der Waals surface area (Å²) < 4.78 is 25.1. The quantitative estimate of drug-likeness (QED) is 0.114. The first-order valence-electron chi connectivity index (χ1n) is 11.6. The molecule has 2 heterocycles. The number of benzene rings is 1. The van der Waals surface area contributed by atoms with Gasteiger partial charge in [0.1, 0.15) is 18.2 Å². The van der Waals surface area contributed by atoms with Gasteiger partial charge in [0.05, 0.1) is 12.7 Å². The average molecular weight is 495 g/mol. The van der Waals surface area contributed by atoms with Crippen LogP contribution < -0.4 is 0 Å². The van der Waals surface area contributed by atoms with Gasteiger partial charge < -0.3 is 18.6 Å². The van der Waals surface area contributed by atoms with Crippen LogP contribution in [0.3, 0.4) is 0 Å². The molecule has 0 saturated carbocycles. The van der Waals surface area contributed by atoms with Crippen molar-refractivity contribution in [3.63, 3.8) is 0 Å². The predicted molar refractivity (Wildman–Crippen MR) is 126 cm³/mol. The maximum Gasteiger partial charge on any atom is 0.297 e. The summed E-state index contributed by atoms with van der Waals surface area (Å²) in [6, 6.07) is 8.34. The van der Waals surface area contributed by atoms with Crippen LogP contribution >= 0.6 is 0 Å². The summed E-state index contributed by atoms with van der Waals surface area (Å²) in [6.07, 6.45) is -4.29. The predicted octanol–water partition coefficient (Wildman–Crippen LogP) is 5.27. The third kappa shape index (κ3) is 5.22. The van der Waals surface area contributed by atoms with Crippen LogP contribution in [0, 0.1) is 10.1 Å². The molecule has 0 aliphatic carbocycles. The zero-order chi connectivity index (χ0) is 25.0. The second-order valence-corrected chi connectivity index (χ2v) is 15.1. The monoisotopic (exact) mass is 494 g/mol. The number of hydrogen-bond donors (Lipinski definition) is 0. The normalized spacial score (nSPS) is 29.6. The van der Waals surface area contributed by atoms with E-state index in [9.17, 15) is 15.6 Å². The van der Waals surface area contributed by atoms with Crippen LogP contribution in [0.2, 0.25) is 16.6 Å². The van der Waals surface area contributed by atoms with E-state index in [1.54, 1.807) is 0 Å². The van der Waals surface area contributed by atoms with E-state index in [2.05, 4.69) is 51.6 Å². The maximum absolute atomic E-state index is 11.2. The number of nitrogens with zero attached hydrogens (tertiary/aromatic N) is 4. The fourth-order valence-corrected chi connectivity index (χ4v) is 11.0. The molecule has 1 aromatic carbocycles. The highest BCUT2D eigenvalue weighted by Gasteiger charge is 2.56. The van der Waals surface area contributed by atoms with E-state index in [-0.39, 0.29) is 23.2 Å². The van der Waals surface area contributed by atoms with Gasteiger partial charge in [-0.05, 0) is 22.2 Å². The zero-order valence-corrected chi connectivity index (χ0v) is 21.4. The third-order valence-electron chi connectivity index (χ3n) is 6.80. The lowest BCUT2D eigenvalue weighted by atomic mass is 9.96. The number of rotatable bonds is 9. The molecule has 2 aliphatic heterocycles. The molecule has 1 aromatic rings. The maximum atomic E-state index is 11.2. The van der Waals surface area contributed by atoms with Crippen molar-refractivity contribution in [1.29, 1.82) is 0 Å². The minimum absolute atomic E-state index is 0.115. The lowest BCUT2D eigenvalue weighted by Crippen LogP contribution is -2.66. The molecule has 3 rings (SSSR count).